The lowest BCUT2D eigenvalue weighted by molar-refractivity contribution is 0.517. The molecule has 3 heteroatoms. The van der Waals surface area contributed by atoms with Gasteiger partial charge in [0.1, 0.15) is 0 Å². The van der Waals surface area contributed by atoms with Crippen LogP contribution in [-0.4, -0.2) is 22.7 Å². The Balaban J connectivity index is 1.74. The van der Waals surface area contributed by atoms with Crippen LogP contribution < -0.4 is 0 Å². The quantitative estimate of drug-likeness (QED) is 0.299. The van der Waals surface area contributed by atoms with Gasteiger partial charge in [0.05, 0.1) is 17.1 Å². The average molecular weight is 409 g/mol. The zero-order valence-electron chi connectivity index (χ0n) is 18.1. The van der Waals surface area contributed by atoms with E-state index >= 15 is 0 Å². The fourth-order valence-corrected chi connectivity index (χ4v) is 5.31. The molecule has 29 heavy (non-hydrogen) atoms. The molecule has 0 aliphatic heterocycles. The number of unbranched alkanes of at least 4 members (excludes halogenated alkanes) is 3. The van der Waals surface area contributed by atoms with E-state index in [0.717, 1.165) is 22.4 Å². The second-order valence-corrected chi connectivity index (χ2v) is 9.65. The summed E-state index contributed by atoms with van der Waals surface area (Å²) in [5.74, 6) is 0. The number of nitrogens with zero attached hydrogens (tertiary/aromatic N) is 2. The lowest BCUT2D eigenvalue weighted by Gasteiger charge is -2.24. The maximum atomic E-state index is 5.11. The number of hydrogen-bond acceptors (Lipinski definition) is 3. The first-order chi connectivity index (χ1) is 14.2. The van der Waals surface area contributed by atoms with Crippen molar-refractivity contribution in [3.63, 3.8) is 0 Å². The van der Waals surface area contributed by atoms with Crippen molar-refractivity contribution < 1.29 is 0 Å². The van der Waals surface area contributed by atoms with E-state index < -0.39 is 0 Å². The Hall–Kier alpha value is -1.61. The maximum Gasteiger partial charge on any atom is 0.0714 e. The van der Waals surface area contributed by atoms with Crippen LogP contribution in [0.4, 0.5) is 5.69 Å². The maximum absolute atomic E-state index is 5.11. The molecule has 2 aliphatic rings. The minimum atomic E-state index is 0.384. The minimum absolute atomic E-state index is 0.384. The summed E-state index contributed by atoms with van der Waals surface area (Å²) in [4.78, 5) is 11.3. The standard InChI is InChI=1S/C26H36N2S/c1-3-4-5-8-13-21(2)27-25-19-18-23(28-22-14-9-6-10-15-22)20-26(25)29-24-16-11-7-12-17-24/h6,9-10,14-15,18-21,24H,3-5,7-8,11-13,16-17H2,1-2H3. The highest BCUT2D eigenvalue weighted by Gasteiger charge is 2.20. The third kappa shape index (κ3) is 7.62. The molecular weight excluding hydrogens is 372 g/mol. The first-order valence-electron chi connectivity index (χ1n) is 11.5. The van der Waals surface area contributed by atoms with Crippen molar-refractivity contribution >= 4 is 28.9 Å². The van der Waals surface area contributed by atoms with E-state index in [2.05, 4.69) is 44.2 Å². The van der Waals surface area contributed by atoms with Gasteiger partial charge < -0.3 is 0 Å². The number of rotatable bonds is 9. The molecule has 0 heterocycles. The molecule has 0 aromatic heterocycles. The van der Waals surface area contributed by atoms with Gasteiger partial charge >= 0.3 is 0 Å². The number of hydrogen-bond donors (Lipinski definition) is 0. The summed E-state index contributed by atoms with van der Waals surface area (Å²) < 4.78 is 0. The molecule has 0 radical (unpaired) electrons. The molecule has 156 valence electrons. The van der Waals surface area contributed by atoms with Gasteiger partial charge in [-0.05, 0) is 56.5 Å². The highest BCUT2D eigenvalue weighted by molar-refractivity contribution is 8.04. The predicted octanol–water partition coefficient (Wildman–Crippen LogP) is 8.08. The molecule has 0 saturated heterocycles. The van der Waals surface area contributed by atoms with Crippen molar-refractivity contribution in [1.29, 1.82) is 0 Å². The van der Waals surface area contributed by atoms with Crippen LogP contribution in [0.15, 0.2) is 63.4 Å². The van der Waals surface area contributed by atoms with Crippen LogP contribution in [0.1, 0.15) is 78.1 Å². The van der Waals surface area contributed by atoms with Crippen molar-refractivity contribution in [2.24, 2.45) is 9.98 Å². The van der Waals surface area contributed by atoms with Gasteiger partial charge in [0, 0.05) is 16.2 Å². The van der Waals surface area contributed by atoms with Crippen LogP contribution in [0, 0.1) is 0 Å². The second-order valence-electron chi connectivity index (χ2n) is 8.30. The average Bonchev–Trinajstić information content (AvgIpc) is 2.75. The molecule has 1 atom stereocenters. The third-order valence-electron chi connectivity index (χ3n) is 5.64. The van der Waals surface area contributed by atoms with Gasteiger partial charge in [-0.15, -0.1) is 11.8 Å². The monoisotopic (exact) mass is 408 g/mol. The second kappa shape index (κ2) is 12.2. The molecule has 2 nitrogen and oxygen atoms in total. The van der Waals surface area contributed by atoms with Gasteiger partial charge in [-0.2, -0.15) is 0 Å². The summed E-state index contributed by atoms with van der Waals surface area (Å²) in [7, 11) is 0. The van der Waals surface area contributed by atoms with Gasteiger partial charge in [-0.25, -0.2) is 4.99 Å². The molecule has 3 rings (SSSR count). The van der Waals surface area contributed by atoms with Crippen LogP contribution in [0.25, 0.3) is 0 Å². The molecule has 1 aromatic carbocycles. The number of aliphatic imine (C=N–C) groups is 2. The zero-order valence-corrected chi connectivity index (χ0v) is 19.0. The normalized spacial score (nSPS) is 21.5. The highest BCUT2D eigenvalue weighted by atomic mass is 32.2. The van der Waals surface area contributed by atoms with E-state index in [-0.39, 0.29) is 0 Å². The van der Waals surface area contributed by atoms with Gasteiger partial charge in [-0.3, -0.25) is 4.99 Å². The molecule has 0 N–H and O–H groups in total. The van der Waals surface area contributed by atoms with E-state index in [1.165, 1.54) is 69.1 Å². The molecule has 0 amide bonds. The van der Waals surface area contributed by atoms with Crippen LogP contribution in [0.5, 0.6) is 0 Å². The fraction of sp³-hybridized carbons (Fsp3) is 0.538. The Morgan fingerprint density at radius 3 is 2.55 bits per heavy atom. The zero-order chi connectivity index (χ0) is 20.3. The van der Waals surface area contributed by atoms with Crippen molar-refractivity contribution in [1.82, 2.24) is 0 Å². The van der Waals surface area contributed by atoms with Gasteiger partial charge in [0.25, 0.3) is 0 Å². The Bertz CT molecular complexity index is 739. The fourth-order valence-electron chi connectivity index (χ4n) is 3.96. The van der Waals surface area contributed by atoms with E-state index in [0.29, 0.717) is 6.04 Å². The smallest absolute Gasteiger partial charge is 0.0714 e. The predicted molar refractivity (Wildman–Crippen MR) is 131 cm³/mol. The Kier molecular flexibility index (Phi) is 9.27. The summed E-state index contributed by atoms with van der Waals surface area (Å²) >= 11 is 2.04. The Labute approximate surface area is 181 Å². The van der Waals surface area contributed by atoms with E-state index in [4.69, 9.17) is 9.98 Å². The first kappa shape index (κ1) is 22.1. The van der Waals surface area contributed by atoms with Crippen molar-refractivity contribution in [3.05, 3.63) is 53.5 Å². The minimum Gasteiger partial charge on any atom is -0.281 e. The Morgan fingerprint density at radius 1 is 1.00 bits per heavy atom. The van der Waals surface area contributed by atoms with Crippen LogP contribution in [0.2, 0.25) is 0 Å². The molecule has 2 aliphatic carbocycles. The van der Waals surface area contributed by atoms with Crippen molar-refractivity contribution in [2.45, 2.75) is 89.3 Å². The molecule has 1 fully saturated rings. The summed E-state index contributed by atoms with van der Waals surface area (Å²) in [6, 6.07) is 10.6. The summed E-state index contributed by atoms with van der Waals surface area (Å²) in [6.07, 6.45) is 19.8. The lowest BCUT2D eigenvalue weighted by Crippen LogP contribution is -2.15. The van der Waals surface area contributed by atoms with Gasteiger partial charge in [-0.1, -0.05) is 70.1 Å². The van der Waals surface area contributed by atoms with Gasteiger partial charge in [0.15, 0.2) is 0 Å². The van der Waals surface area contributed by atoms with E-state index in [1.54, 1.807) is 0 Å². The SMILES string of the molecule is CCCCCCC(C)N=C1C=CC(=Nc2ccccc2)C=C1SC1CCCCC1. The molecule has 1 saturated carbocycles. The molecule has 0 spiro atoms. The molecule has 0 bridgehead atoms. The number of allylic oxidation sites excluding steroid dienone is 4. The number of benzene rings is 1. The largest absolute Gasteiger partial charge is 0.281 e. The third-order valence-corrected chi connectivity index (χ3v) is 7.02. The van der Waals surface area contributed by atoms with E-state index in [1.807, 2.05) is 30.0 Å². The summed E-state index contributed by atoms with van der Waals surface area (Å²) in [5.41, 5.74) is 3.20. The molecular formula is C26H36N2S. The van der Waals surface area contributed by atoms with Gasteiger partial charge in [0.2, 0.25) is 0 Å². The topological polar surface area (TPSA) is 24.7 Å². The highest BCUT2D eigenvalue weighted by Crippen LogP contribution is 2.35. The Morgan fingerprint density at radius 2 is 1.79 bits per heavy atom. The summed E-state index contributed by atoms with van der Waals surface area (Å²) in [6.45, 7) is 4.54. The molecule has 1 unspecified atom stereocenters. The van der Waals surface area contributed by atoms with Crippen LogP contribution in [0.3, 0.4) is 0 Å². The van der Waals surface area contributed by atoms with Crippen molar-refractivity contribution in [2.75, 3.05) is 0 Å². The van der Waals surface area contributed by atoms with Crippen LogP contribution >= 0.6 is 11.8 Å². The summed E-state index contributed by atoms with van der Waals surface area (Å²) in [5, 5.41) is 0.726. The number of para-hydroxylation sites is 1. The van der Waals surface area contributed by atoms with Crippen LogP contribution in [-0.2, 0) is 0 Å². The number of thioether (sulfide) groups is 1. The first-order valence-corrected chi connectivity index (χ1v) is 12.4. The lowest BCUT2D eigenvalue weighted by atomic mass is 10.0. The molecule has 1 aromatic rings. The van der Waals surface area contributed by atoms with Crippen molar-refractivity contribution in [3.8, 4) is 0 Å². The van der Waals surface area contributed by atoms with E-state index in [9.17, 15) is 0 Å².